The third kappa shape index (κ3) is 4.56. The Hall–Kier alpha value is -2.50. The first kappa shape index (κ1) is 19.8. The molecule has 0 aliphatic rings. The van der Waals surface area contributed by atoms with Gasteiger partial charge < -0.3 is 9.47 Å². The fourth-order valence-corrected chi connectivity index (χ4v) is 2.77. The standard InChI is InChI=1S/C20H21F3O3/c1-5-15-9-13(3)19(10-12(15)2)25-11-16-17(20(21,22)23)7-6-8-18(16)26-14(4)24/h6-10H,5,11H2,1-4H3. The van der Waals surface area contributed by atoms with Crippen LogP contribution in [-0.2, 0) is 24.0 Å². The maximum Gasteiger partial charge on any atom is 0.416 e. The average molecular weight is 366 g/mol. The highest BCUT2D eigenvalue weighted by molar-refractivity contribution is 5.70. The molecule has 6 heteroatoms. The minimum Gasteiger partial charge on any atom is -0.488 e. The number of ether oxygens (including phenoxy) is 2. The van der Waals surface area contributed by atoms with E-state index in [-0.39, 0.29) is 17.9 Å². The SMILES string of the molecule is CCc1cc(C)c(OCc2c(OC(C)=O)cccc2C(F)(F)F)cc1C. The predicted molar refractivity (Wildman–Crippen MR) is 92.4 cm³/mol. The lowest BCUT2D eigenvalue weighted by atomic mass is 10.0. The summed E-state index contributed by atoms with van der Waals surface area (Å²) in [6.07, 6.45) is -3.72. The number of carbonyl (C=O) groups excluding carboxylic acids is 1. The summed E-state index contributed by atoms with van der Waals surface area (Å²) in [6.45, 7) is 6.59. The molecule has 26 heavy (non-hydrogen) atoms. The van der Waals surface area contributed by atoms with E-state index >= 15 is 0 Å². The van der Waals surface area contributed by atoms with Crippen LogP contribution in [0.5, 0.6) is 11.5 Å². The third-order valence-corrected chi connectivity index (χ3v) is 4.08. The summed E-state index contributed by atoms with van der Waals surface area (Å²) in [7, 11) is 0. The molecule has 0 saturated heterocycles. The van der Waals surface area contributed by atoms with Crippen LogP contribution in [0.4, 0.5) is 13.2 Å². The lowest BCUT2D eigenvalue weighted by Crippen LogP contribution is -2.14. The number of alkyl halides is 3. The summed E-state index contributed by atoms with van der Waals surface area (Å²) >= 11 is 0. The molecule has 0 spiro atoms. The molecule has 140 valence electrons. The topological polar surface area (TPSA) is 35.5 Å². The van der Waals surface area contributed by atoms with Gasteiger partial charge in [-0.25, -0.2) is 0 Å². The van der Waals surface area contributed by atoms with Crippen molar-refractivity contribution in [3.05, 3.63) is 58.1 Å². The summed E-state index contributed by atoms with van der Waals surface area (Å²) in [5.41, 5.74) is 1.93. The van der Waals surface area contributed by atoms with Crippen molar-refractivity contribution in [3.8, 4) is 11.5 Å². The second-order valence-corrected chi connectivity index (χ2v) is 6.06. The van der Waals surface area contributed by atoms with Crippen molar-refractivity contribution in [3.63, 3.8) is 0 Å². The Balaban J connectivity index is 2.39. The Morgan fingerprint density at radius 3 is 2.35 bits per heavy atom. The van der Waals surface area contributed by atoms with Crippen molar-refractivity contribution in [2.24, 2.45) is 0 Å². The molecule has 0 heterocycles. The highest BCUT2D eigenvalue weighted by Gasteiger charge is 2.35. The first-order valence-electron chi connectivity index (χ1n) is 8.24. The van der Waals surface area contributed by atoms with Gasteiger partial charge in [0.2, 0.25) is 0 Å². The van der Waals surface area contributed by atoms with Crippen molar-refractivity contribution >= 4 is 5.97 Å². The van der Waals surface area contributed by atoms with Crippen LogP contribution in [0.1, 0.15) is 41.7 Å². The number of rotatable bonds is 5. The van der Waals surface area contributed by atoms with Crippen LogP contribution < -0.4 is 9.47 Å². The van der Waals surface area contributed by atoms with Crippen LogP contribution in [-0.4, -0.2) is 5.97 Å². The van der Waals surface area contributed by atoms with Gasteiger partial charge in [-0.2, -0.15) is 13.2 Å². The molecule has 0 aromatic heterocycles. The molecule has 0 bridgehead atoms. The van der Waals surface area contributed by atoms with Crippen LogP contribution in [0, 0.1) is 13.8 Å². The predicted octanol–water partition coefficient (Wildman–Crippen LogP) is 5.39. The number of hydrogen-bond donors (Lipinski definition) is 0. The van der Waals surface area contributed by atoms with Gasteiger partial charge in [0.15, 0.2) is 0 Å². The molecule has 0 fully saturated rings. The lowest BCUT2D eigenvalue weighted by molar-refractivity contribution is -0.139. The summed E-state index contributed by atoms with van der Waals surface area (Å²) in [5.74, 6) is -0.331. The number of aryl methyl sites for hydroxylation is 3. The second kappa shape index (κ2) is 7.81. The molecule has 0 radical (unpaired) electrons. The van der Waals surface area contributed by atoms with Crippen molar-refractivity contribution in [2.45, 2.75) is 46.9 Å². The van der Waals surface area contributed by atoms with E-state index in [1.54, 1.807) is 0 Å². The highest BCUT2D eigenvalue weighted by atomic mass is 19.4. The molecule has 0 N–H and O–H groups in total. The zero-order valence-electron chi connectivity index (χ0n) is 15.2. The second-order valence-electron chi connectivity index (χ2n) is 6.06. The van der Waals surface area contributed by atoms with Crippen LogP contribution in [0.3, 0.4) is 0 Å². The number of esters is 1. The van der Waals surface area contributed by atoms with Gasteiger partial charge in [-0.15, -0.1) is 0 Å². The van der Waals surface area contributed by atoms with E-state index in [0.717, 1.165) is 36.1 Å². The molecule has 0 aliphatic heterocycles. The maximum atomic E-state index is 13.3. The molecule has 0 amide bonds. The van der Waals surface area contributed by atoms with Crippen LogP contribution >= 0.6 is 0 Å². The van der Waals surface area contributed by atoms with Gasteiger partial charge in [0.25, 0.3) is 0 Å². The van der Waals surface area contributed by atoms with Gasteiger partial charge in [0.05, 0.1) is 5.56 Å². The molecule has 2 aromatic carbocycles. The van der Waals surface area contributed by atoms with Crippen molar-refractivity contribution in [2.75, 3.05) is 0 Å². The average Bonchev–Trinajstić information content (AvgIpc) is 2.54. The van der Waals surface area contributed by atoms with Crippen molar-refractivity contribution < 1.29 is 27.4 Å². The molecule has 3 nitrogen and oxygen atoms in total. The Morgan fingerprint density at radius 2 is 1.77 bits per heavy atom. The summed E-state index contributed by atoms with van der Waals surface area (Å²) < 4.78 is 50.6. The number of halogens is 3. The van der Waals surface area contributed by atoms with E-state index in [2.05, 4.69) is 0 Å². The number of benzene rings is 2. The zero-order valence-corrected chi connectivity index (χ0v) is 15.2. The van der Waals surface area contributed by atoms with Gasteiger partial charge in [-0.1, -0.05) is 19.1 Å². The van der Waals surface area contributed by atoms with Gasteiger partial charge in [0.1, 0.15) is 18.1 Å². The molecule has 0 saturated carbocycles. The van der Waals surface area contributed by atoms with Gasteiger partial charge in [-0.05, 0) is 55.2 Å². The van der Waals surface area contributed by atoms with Crippen molar-refractivity contribution in [1.29, 1.82) is 0 Å². The fourth-order valence-electron chi connectivity index (χ4n) is 2.77. The maximum absolute atomic E-state index is 13.3. The quantitative estimate of drug-likeness (QED) is 0.526. The highest BCUT2D eigenvalue weighted by Crippen LogP contribution is 2.37. The fraction of sp³-hybridized carbons (Fsp3) is 0.350. The third-order valence-electron chi connectivity index (χ3n) is 4.08. The van der Waals surface area contributed by atoms with Crippen LogP contribution in [0.15, 0.2) is 30.3 Å². The summed E-state index contributed by atoms with van der Waals surface area (Å²) in [6, 6.07) is 7.26. The number of hydrogen-bond acceptors (Lipinski definition) is 3. The Kier molecular flexibility index (Phi) is 5.95. The molecular weight excluding hydrogens is 345 g/mol. The Labute approximate surface area is 150 Å². The largest absolute Gasteiger partial charge is 0.488 e. The van der Waals surface area contributed by atoms with Gasteiger partial charge in [0, 0.05) is 12.5 Å². The first-order chi connectivity index (χ1) is 12.1. The minimum atomic E-state index is -4.58. The van der Waals surface area contributed by atoms with E-state index in [1.807, 2.05) is 32.9 Å². The first-order valence-corrected chi connectivity index (χ1v) is 8.24. The van der Waals surface area contributed by atoms with Gasteiger partial charge in [-0.3, -0.25) is 4.79 Å². The number of carbonyl (C=O) groups is 1. The molecule has 0 atom stereocenters. The van der Waals surface area contributed by atoms with E-state index < -0.39 is 17.7 Å². The molecule has 0 unspecified atom stereocenters. The van der Waals surface area contributed by atoms with Crippen LogP contribution in [0.2, 0.25) is 0 Å². The van der Waals surface area contributed by atoms with Crippen molar-refractivity contribution in [1.82, 2.24) is 0 Å². The molecule has 2 aromatic rings. The Bertz CT molecular complexity index is 811. The van der Waals surface area contributed by atoms with E-state index in [0.29, 0.717) is 5.75 Å². The van der Waals surface area contributed by atoms with Crippen LogP contribution in [0.25, 0.3) is 0 Å². The van der Waals surface area contributed by atoms with E-state index in [9.17, 15) is 18.0 Å². The summed E-state index contributed by atoms with van der Waals surface area (Å²) in [5, 5.41) is 0. The Morgan fingerprint density at radius 1 is 1.08 bits per heavy atom. The monoisotopic (exact) mass is 366 g/mol. The minimum absolute atomic E-state index is 0.146. The van der Waals surface area contributed by atoms with Gasteiger partial charge >= 0.3 is 12.1 Å². The molecule has 0 aliphatic carbocycles. The van der Waals surface area contributed by atoms with E-state index in [4.69, 9.17) is 9.47 Å². The smallest absolute Gasteiger partial charge is 0.416 e. The lowest BCUT2D eigenvalue weighted by Gasteiger charge is -2.18. The van der Waals surface area contributed by atoms with E-state index in [1.165, 1.54) is 12.1 Å². The molecular formula is C20H21F3O3. The summed E-state index contributed by atoms with van der Waals surface area (Å²) in [4.78, 5) is 11.2. The zero-order chi connectivity index (χ0) is 19.5. The molecule has 2 rings (SSSR count). The normalized spacial score (nSPS) is 11.3.